The van der Waals surface area contributed by atoms with Gasteiger partial charge in [0.2, 0.25) is 0 Å². The van der Waals surface area contributed by atoms with E-state index < -0.39 is 0 Å². The van der Waals surface area contributed by atoms with Crippen molar-refractivity contribution in [2.24, 2.45) is 5.73 Å². The van der Waals surface area contributed by atoms with E-state index in [1.165, 1.54) is 0 Å². The Morgan fingerprint density at radius 1 is 1.70 bits per heavy atom. The molecule has 0 atom stereocenters. The van der Waals surface area contributed by atoms with E-state index in [0.29, 0.717) is 11.3 Å². The number of nitrogens with two attached hydrogens (primary N) is 1. The third kappa shape index (κ3) is 2.19. The molecular weight excluding hydrogens is 124 g/mol. The first-order chi connectivity index (χ1) is 4.76. The minimum absolute atomic E-state index is 0.458. The predicted octanol–water partition coefficient (Wildman–Crippen LogP) is 1.48. The molecule has 0 heterocycles. The summed E-state index contributed by atoms with van der Waals surface area (Å²) in [5.41, 5.74) is 6.39. The van der Waals surface area contributed by atoms with Crippen molar-refractivity contribution < 1.29 is 0 Å². The molecule has 2 nitrogen and oxygen atoms in total. The summed E-state index contributed by atoms with van der Waals surface area (Å²) in [7, 11) is 0. The summed E-state index contributed by atoms with van der Waals surface area (Å²) < 4.78 is 0. The molecule has 0 radical (unpaired) electrons. The number of hydrogen-bond acceptors (Lipinski definition) is 2. The van der Waals surface area contributed by atoms with Crippen LogP contribution >= 0.6 is 0 Å². The number of nitriles is 1. The van der Waals surface area contributed by atoms with Gasteiger partial charge in [-0.15, -0.1) is 0 Å². The highest BCUT2D eigenvalue weighted by molar-refractivity contribution is 5.40. The molecule has 0 aromatic heterocycles. The average molecular weight is 134 g/mol. The van der Waals surface area contributed by atoms with Crippen molar-refractivity contribution >= 4 is 0 Å². The molecule has 2 heteroatoms. The highest BCUT2D eigenvalue weighted by Crippen LogP contribution is 2.00. The zero-order valence-electron chi connectivity index (χ0n) is 5.96. The van der Waals surface area contributed by atoms with E-state index >= 15 is 0 Å². The van der Waals surface area contributed by atoms with Crippen LogP contribution in [0.4, 0.5) is 0 Å². The minimum Gasteiger partial charge on any atom is -0.398 e. The summed E-state index contributed by atoms with van der Waals surface area (Å²) in [4.78, 5) is 0. The lowest BCUT2D eigenvalue weighted by atomic mass is 10.2. The lowest BCUT2D eigenvalue weighted by molar-refractivity contribution is 1.33. The van der Waals surface area contributed by atoms with E-state index in [4.69, 9.17) is 11.0 Å². The van der Waals surface area contributed by atoms with Crippen molar-refractivity contribution in [3.05, 3.63) is 36.1 Å². The van der Waals surface area contributed by atoms with Crippen molar-refractivity contribution in [1.29, 1.82) is 5.26 Å². The summed E-state index contributed by atoms with van der Waals surface area (Å²) in [5.74, 6) is 0. The van der Waals surface area contributed by atoms with Gasteiger partial charge in [-0.1, -0.05) is 18.7 Å². The molecular formula is C8H10N2. The Hall–Kier alpha value is -1.49. The molecule has 0 rings (SSSR count). The van der Waals surface area contributed by atoms with Crippen LogP contribution in [0.3, 0.4) is 0 Å². The van der Waals surface area contributed by atoms with Gasteiger partial charge in [0.1, 0.15) is 6.07 Å². The second-order valence-electron chi connectivity index (χ2n) is 1.67. The fourth-order valence-corrected chi connectivity index (χ4v) is 0.513. The highest BCUT2D eigenvalue weighted by atomic mass is 14.6. The van der Waals surface area contributed by atoms with Gasteiger partial charge in [0, 0.05) is 5.70 Å². The molecule has 52 valence electrons. The maximum atomic E-state index is 8.45. The van der Waals surface area contributed by atoms with E-state index in [0.717, 1.165) is 0 Å². The van der Waals surface area contributed by atoms with Gasteiger partial charge in [0.05, 0.1) is 5.57 Å². The second kappa shape index (κ2) is 4.39. The topological polar surface area (TPSA) is 49.8 Å². The smallest absolute Gasteiger partial charge is 0.101 e. The van der Waals surface area contributed by atoms with Crippen LogP contribution in [0.1, 0.15) is 6.92 Å². The monoisotopic (exact) mass is 134 g/mol. The van der Waals surface area contributed by atoms with Gasteiger partial charge in [-0.05, 0) is 13.0 Å². The first kappa shape index (κ1) is 8.51. The second-order valence-corrected chi connectivity index (χ2v) is 1.67. The largest absolute Gasteiger partial charge is 0.398 e. The molecule has 0 bridgehead atoms. The van der Waals surface area contributed by atoms with E-state index in [1.54, 1.807) is 25.2 Å². The van der Waals surface area contributed by atoms with Gasteiger partial charge in [0.25, 0.3) is 0 Å². The van der Waals surface area contributed by atoms with Crippen molar-refractivity contribution in [3.63, 3.8) is 0 Å². The van der Waals surface area contributed by atoms with Gasteiger partial charge < -0.3 is 5.73 Å². The fraction of sp³-hybridized carbons (Fsp3) is 0.125. The van der Waals surface area contributed by atoms with Gasteiger partial charge in [0.15, 0.2) is 0 Å². The third-order valence-corrected chi connectivity index (χ3v) is 1.02. The summed E-state index contributed by atoms with van der Waals surface area (Å²) in [6, 6.07) is 1.96. The molecule has 0 aromatic rings. The number of hydrogen-bond donors (Lipinski definition) is 1. The van der Waals surface area contributed by atoms with Crippen molar-refractivity contribution in [3.8, 4) is 6.07 Å². The number of allylic oxidation sites excluding steroid dienone is 4. The van der Waals surface area contributed by atoms with Crippen LogP contribution in [-0.2, 0) is 0 Å². The summed E-state index contributed by atoms with van der Waals surface area (Å²) >= 11 is 0. The molecule has 0 unspecified atom stereocenters. The summed E-state index contributed by atoms with van der Waals surface area (Å²) in [6.07, 6.45) is 4.81. The zero-order valence-corrected chi connectivity index (χ0v) is 5.96. The van der Waals surface area contributed by atoms with Gasteiger partial charge in [-0.25, -0.2) is 0 Å². The normalized spacial score (nSPS) is 12.4. The molecule has 0 saturated carbocycles. The maximum absolute atomic E-state index is 8.45. The zero-order chi connectivity index (χ0) is 7.98. The van der Waals surface area contributed by atoms with Crippen LogP contribution in [0.15, 0.2) is 36.1 Å². The van der Waals surface area contributed by atoms with E-state index in [1.807, 2.05) is 6.07 Å². The molecule has 0 aromatic carbocycles. The van der Waals surface area contributed by atoms with E-state index in [9.17, 15) is 0 Å². The molecule has 10 heavy (non-hydrogen) atoms. The van der Waals surface area contributed by atoms with Gasteiger partial charge in [-0.3, -0.25) is 0 Å². The lowest BCUT2D eigenvalue weighted by Crippen LogP contribution is -1.98. The lowest BCUT2D eigenvalue weighted by Gasteiger charge is -1.93. The minimum atomic E-state index is 0.458. The predicted molar refractivity (Wildman–Crippen MR) is 41.8 cm³/mol. The van der Waals surface area contributed by atoms with Crippen LogP contribution in [0.25, 0.3) is 0 Å². The van der Waals surface area contributed by atoms with Crippen LogP contribution in [0.2, 0.25) is 0 Å². The molecule has 0 spiro atoms. The average Bonchev–Trinajstić information content (AvgIpc) is 1.91. The van der Waals surface area contributed by atoms with Crippen LogP contribution in [0, 0.1) is 11.3 Å². The summed E-state index contributed by atoms with van der Waals surface area (Å²) in [5, 5.41) is 8.45. The molecule has 2 N–H and O–H groups in total. The Kier molecular flexibility index (Phi) is 3.74. The first-order valence-corrected chi connectivity index (χ1v) is 2.91. The van der Waals surface area contributed by atoms with Crippen LogP contribution < -0.4 is 5.73 Å². The van der Waals surface area contributed by atoms with Gasteiger partial charge >= 0.3 is 0 Å². The van der Waals surface area contributed by atoms with Gasteiger partial charge in [-0.2, -0.15) is 5.26 Å². The van der Waals surface area contributed by atoms with Crippen LogP contribution in [0.5, 0.6) is 0 Å². The maximum Gasteiger partial charge on any atom is 0.101 e. The SMILES string of the molecule is C=C/C=C(N)\C(C#N)=C/C. The molecule has 0 saturated heterocycles. The fourth-order valence-electron chi connectivity index (χ4n) is 0.513. The molecule has 0 aliphatic carbocycles. The van der Waals surface area contributed by atoms with Crippen molar-refractivity contribution in [2.45, 2.75) is 6.92 Å². The number of nitrogens with zero attached hydrogens (tertiary/aromatic N) is 1. The van der Waals surface area contributed by atoms with Crippen molar-refractivity contribution in [1.82, 2.24) is 0 Å². The Morgan fingerprint density at radius 2 is 2.30 bits per heavy atom. The van der Waals surface area contributed by atoms with Crippen molar-refractivity contribution in [2.75, 3.05) is 0 Å². The molecule has 0 aliphatic heterocycles. The van der Waals surface area contributed by atoms with E-state index in [2.05, 4.69) is 6.58 Å². The summed E-state index contributed by atoms with van der Waals surface area (Å²) in [6.45, 7) is 5.22. The highest BCUT2D eigenvalue weighted by Gasteiger charge is 1.93. The third-order valence-electron chi connectivity index (χ3n) is 1.02. The number of rotatable bonds is 2. The Labute approximate surface area is 61.0 Å². The Morgan fingerprint density at radius 3 is 2.60 bits per heavy atom. The molecule has 0 amide bonds. The Bertz CT molecular complexity index is 216. The first-order valence-electron chi connectivity index (χ1n) is 2.91. The van der Waals surface area contributed by atoms with Crippen LogP contribution in [-0.4, -0.2) is 0 Å². The standard InChI is InChI=1S/C8H10N2/c1-3-5-8(10)7(4-2)6-9/h3-5H,1,10H2,2H3/b7-4-,8-5+. The quantitative estimate of drug-likeness (QED) is 0.459. The van der Waals surface area contributed by atoms with E-state index in [-0.39, 0.29) is 0 Å². The Balaban J connectivity index is 4.51. The molecule has 0 fully saturated rings. The molecule has 0 aliphatic rings.